The van der Waals surface area contributed by atoms with E-state index in [9.17, 15) is 19.7 Å². The second-order valence-corrected chi connectivity index (χ2v) is 11.9. The molecule has 0 bridgehead atoms. The second kappa shape index (κ2) is 12.0. The highest BCUT2D eigenvalue weighted by Gasteiger charge is 2.33. The van der Waals surface area contributed by atoms with Gasteiger partial charge < -0.3 is 14.5 Å². The third-order valence-corrected chi connectivity index (χ3v) is 8.77. The number of hydrogen-bond donors (Lipinski definition) is 0. The first-order chi connectivity index (χ1) is 20.1. The SMILES string of the molecule is CCOC(=O)C1=C(C)N=c2sc(=Cc3cc([N+](=O)[O-])ccc3N3CCN(C)CC3)c(=O)n2C1c1ccc(C(C)C)cc1. The quantitative estimate of drug-likeness (QED) is 0.235. The Hall–Kier alpha value is -4.09. The van der Waals surface area contributed by atoms with E-state index in [1.165, 1.54) is 23.5 Å². The smallest absolute Gasteiger partial charge is 0.338 e. The first-order valence-electron chi connectivity index (χ1n) is 14.1. The average molecular weight is 590 g/mol. The molecule has 0 amide bonds. The van der Waals surface area contributed by atoms with Crippen LogP contribution in [0.25, 0.3) is 6.08 Å². The van der Waals surface area contributed by atoms with Crippen LogP contribution in [0.1, 0.15) is 56.3 Å². The van der Waals surface area contributed by atoms with Gasteiger partial charge in [-0.3, -0.25) is 19.5 Å². The van der Waals surface area contributed by atoms with Gasteiger partial charge in [-0.1, -0.05) is 49.4 Å². The van der Waals surface area contributed by atoms with Crippen molar-refractivity contribution in [1.82, 2.24) is 9.47 Å². The van der Waals surface area contributed by atoms with Gasteiger partial charge in [0.05, 0.1) is 33.4 Å². The van der Waals surface area contributed by atoms with Gasteiger partial charge in [0.2, 0.25) is 0 Å². The van der Waals surface area contributed by atoms with Gasteiger partial charge in [-0.05, 0) is 50.1 Å². The van der Waals surface area contributed by atoms with Crippen molar-refractivity contribution >= 4 is 34.8 Å². The van der Waals surface area contributed by atoms with Crippen molar-refractivity contribution in [1.29, 1.82) is 0 Å². The van der Waals surface area contributed by atoms with E-state index in [-0.39, 0.29) is 17.9 Å². The molecule has 0 radical (unpaired) electrons. The molecule has 42 heavy (non-hydrogen) atoms. The van der Waals surface area contributed by atoms with Crippen molar-refractivity contribution in [2.45, 2.75) is 39.7 Å². The van der Waals surface area contributed by atoms with Crippen LogP contribution in [0.2, 0.25) is 0 Å². The largest absolute Gasteiger partial charge is 0.463 e. The van der Waals surface area contributed by atoms with Crippen LogP contribution in [0.3, 0.4) is 0 Å². The summed E-state index contributed by atoms with van der Waals surface area (Å²) in [5.41, 5.74) is 3.80. The molecule has 0 saturated carbocycles. The summed E-state index contributed by atoms with van der Waals surface area (Å²) >= 11 is 1.21. The number of rotatable bonds is 7. The summed E-state index contributed by atoms with van der Waals surface area (Å²) in [4.78, 5) is 48.1. The standard InChI is InChI=1S/C31H35N5O5S/c1-6-41-30(38)27-20(4)32-31-35(28(27)22-9-7-21(8-10-22)19(2)3)29(37)26(42-31)18-23-17-24(36(39)40)11-12-25(23)34-15-13-33(5)14-16-34/h7-12,17-19,28H,6,13-16H2,1-5H3. The zero-order valence-corrected chi connectivity index (χ0v) is 25.3. The summed E-state index contributed by atoms with van der Waals surface area (Å²) in [6, 6.07) is 12.0. The van der Waals surface area contributed by atoms with Crippen LogP contribution in [0.15, 0.2) is 63.5 Å². The third kappa shape index (κ3) is 5.66. The molecule has 1 aromatic heterocycles. The van der Waals surface area contributed by atoms with Crippen LogP contribution in [-0.4, -0.2) is 60.2 Å². The van der Waals surface area contributed by atoms with Gasteiger partial charge in [-0.25, -0.2) is 9.79 Å². The zero-order chi connectivity index (χ0) is 30.1. The fourth-order valence-corrected chi connectivity index (χ4v) is 6.46. The fourth-order valence-electron chi connectivity index (χ4n) is 5.42. The Labute approximate surface area is 248 Å². The lowest BCUT2D eigenvalue weighted by Gasteiger charge is -2.34. The highest BCUT2D eigenvalue weighted by atomic mass is 32.1. The summed E-state index contributed by atoms with van der Waals surface area (Å²) in [5.74, 6) is -0.186. The number of aromatic nitrogens is 1. The highest BCUT2D eigenvalue weighted by Crippen LogP contribution is 2.32. The molecule has 3 aromatic rings. The molecule has 3 heterocycles. The molecule has 1 saturated heterocycles. The number of allylic oxidation sites excluding steroid dienone is 1. The van der Waals surface area contributed by atoms with Gasteiger partial charge in [0.1, 0.15) is 0 Å². The molecule has 10 nitrogen and oxygen atoms in total. The number of non-ortho nitro benzene ring substituents is 1. The van der Waals surface area contributed by atoms with Gasteiger partial charge in [0.25, 0.3) is 11.2 Å². The topological polar surface area (TPSA) is 110 Å². The van der Waals surface area contributed by atoms with Crippen LogP contribution in [-0.2, 0) is 9.53 Å². The van der Waals surface area contributed by atoms with Crippen molar-refractivity contribution in [3.63, 3.8) is 0 Å². The minimum Gasteiger partial charge on any atom is -0.463 e. The summed E-state index contributed by atoms with van der Waals surface area (Å²) in [6.45, 7) is 11.2. The lowest BCUT2D eigenvalue weighted by Crippen LogP contribution is -2.44. The number of nitro groups is 1. The molecule has 1 unspecified atom stereocenters. The summed E-state index contributed by atoms with van der Waals surface area (Å²) in [5, 5.41) is 11.7. The van der Waals surface area contributed by atoms with Crippen molar-refractivity contribution in [2.24, 2.45) is 4.99 Å². The number of benzene rings is 2. The van der Waals surface area contributed by atoms with Crippen LogP contribution >= 0.6 is 11.3 Å². The molecule has 220 valence electrons. The maximum Gasteiger partial charge on any atom is 0.338 e. The van der Waals surface area contributed by atoms with Crippen LogP contribution < -0.4 is 19.8 Å². The van der Waals surface area contributed by atoms with E-state index in [0.717, 1.165) is 43.0 Å². The molecule has 2 aliphatic heterocycles. The van der Waals surface area contributed by atoms with E-state index < -0.39 is 16.9 Å². The molecule has 0 N–H and O–H groups in total. The number of piperazine rings is 1. The normalized spacial score (nSPS) is 17.8. The van der Waals surface area contributed by atoms with Crippen molar-refractivity contribution in [3.8, 4) is 0 Å². The van der Waals surface area contributed by atoms with E-state index in [2.05, 4.69) is 35.7 Å². The van der Waals surface area contributed by atoms with Gasteiger partial charge in [-0.15, -0.1) is 0 Å². The second-order valence-electron chi connectivity index (χ2n) is 10.9. The van der Waals surface area contributed by atoms with Crippen LogP contribution in [0.4, 0.5) is 11.4 Å². The molecular formula is C31H35N5O5S. The van der Waals surface area contributed by atoms with E-state index in [1.54, 1.807) is 30.6 Å². The minimum absolute atomic E-state index is 0.0459. The Morgan fingerprint density at radius 2 is 1.86 bits per heavy atom. The number of nitrogens with zero attached hydrogens (tertiary/aromatic N) is 5. The number of ether oxygens (including phenoxy) is 1. The Kier molecular flexibility index (Phi) is 8.42. The number of hydrogen-bond acceptors (Lipinski definition) is 9. The average Bonchev–Trinajstić information content (AvgIpc) is 3.26. The lowest BCUT2D eigenvalue weighted by molar-refractivity contribution is -0.384. The Bertz CT molecular complexity index is 1730. The molecule has 1 fully saturated rings. The number of likely N-dealkylation sites (N-methyl/N-ethyl adjacent to an activating group) is 1. The van der Waals surface area contributed by atoms with E-state index >= 15 is 0 Å². The molecule has 11 heteroatoms. The first kappa shape index (κ1) is 29.4. The van der Waals surface area contributed by atoms with Gasteiger partial charge in [-0.2, -0.15) is 0 Å². The Balaban J connectivity index is 1.69. The molecule has 1 atom stereocenters. The number of nitro benzene ring substituents is 1. The van der Waals surface area contributed by atoms with Crippen molar-refractivity contribution in [2.75, 3.05) is 44.7 Å². The van der Waals surface area contributed by atoms with Crippen LogP contribution in [0, 0.1) is 10.1 Å². The number of carbonyl (C=O) groups excluding carboxylic acids is 1. The zero-order valence-electron chi connectivity index (χ0n) is 24.5. The molecule has 0 aliphatic carbocycles. The predicted octanol–water partition coefficient (Wildman–Crippen LogP) is 3.58. The molecule has 0 spiro atoms. The number of thiazole rings is 1. The summed E-state index contributed by atoms with van der Waals surface area (Å²) in [7, 11) is 2.06. The number of esters is 1. The lowest BCUT2D eigenvalue weighted by atomic mass is 9.93. The Morgan fingerprint density at radius 3 is 2.48 bits per heavy atom. The van der Waals surface area contributed by atoms with Gasteiger partial charge in [0, 0.05) is 49.6 Å². The van der Waals surface area contributed by atoms with Gasteiger partial charge >= 0.3 is 5.97 Å². The van der Waals surface area contributed by atoms with Crippen molar-refractivity contribution < 1.29 is 14.5 Å². The van der Waals surface area contributed by atoms with Gasteiger partial charge in [0.15, 0.2) is 4.80 Å². The van der Waals surface area contributed by atoms with E-state index in [4.69, 9.17) is 4.74 Å². The molecule has 5 rings (SSSR count). The van der Waals surface area contributed by atoms with Crippen LogP contribution in [0.5, 0.6) is 0 Å². The van der Waals surface area contributed by atoms with Crippen molar-refractivity contribution in [3.05, 3.63) is 100 Å². The third-order valence-electron chi connectivity index (χ3n) is 7.79. The van der Waals surface area contributed by atoms with E-state index in [0.29, 0.717) is 32.1 Å². The summed E-state index contributed by atoms with van der Waals surface area (Å²) in [6.07, 6.45) is 1.72. The summed E-state index contributed by atoms with van der Waals surface area (Å²) < 4.78 is 7.33. The highest BCUT2D eigenvalue weighted by molar-refractivity contribution is 7.07. The monoisotopic (exact) mass is 589 g/mol. The molecule has 2 aromatic carbocycles. The molecule has 2 aliphatic rings. The number of anilines is 1. The number of carbonyl (C=O) groups is 1. The fraction of sp³-hybridized carbons (Fsp3) is 0.387. The maximum atomic E-state index is 14.1. The minimum atomic E-state index is -0.717. The Morgan fingerprint density at radius 1 is 1.17 bits per heavy atom. The molecular weight excluding hydrogens is 554 g/mol. The first-order valence-corrected chi connectivity index (χ1v) is 14.9. The maximum absolute atomic E-state index is 14.1. The number of fused-ring (bicyclic) bond motifs is 1. The van der Waals surface area contributed by atoms with E-state index in [1.807, 2.05) is 24.3 Å². The predicted molar refractivity (Wildman–Crippen MR) is 164 cm³/mol.